The largest absolute Gasteiger partial charge is 0.488 e. The van der Waals surface area contributed by atoms with Crippen LogP contribution in [0.4, 0.5) is 0 Å². The van der Waals surface area contributed by atoms with E-state index in [2.05, 4.69) is 0 Å². The summed E-state index contributed by atoms with van der Waals surface area (Å²) in [7, 11) is 0. The molecule has 0 saturated carbocycles. The van der Waals surface area contributed by atoms with E-state index >= 15 is 0 Å². The number of ketones is 1. The van der Waals surface area contributed by atoms with Crippen LogP contribution in [0.2, 0.25) is 5.02 Å². The molecule has 0 saturated heterocycles. The Morgan fingerprint density at radius 2 is 2.21 bits per heavy atom. The third-order valence-corrected chi connectivity index (χ3v) is 2.69. The molecule has 14 heavy (non-hydrogen) atoms. The maximum atomic E-state index is 11.7. The van der Waals surface area contributed by atoms with Crippen molar-refractivity contribution in [2.45, 2.75) is 26.4 Å². The topological polar surface area (TPSA) is 26.3 Å². The molecule has 1 heterocycles. The molecule has 1 aliphatic rings. The van der Waals surface area contributed by atoms with Crippen LogP contribution in [0.25, 0.3) is 0 Å². The molecule has 0 aliphatic carbocycles. The Morgan fingerprint density at radius 3 is 2.93 bits per heavy atom. The Kier molecular flexibility index (Phi) is 2.23. The molecule has 74 valence electrons. The van der Waals surface area contributed by atoms with Gasteiger partial charge in [-0.2, -0.15) is 0 Å². The number of carbonyl (C=O) groups is 1. The third-order valence-electron chi connectivity index (χ3n) is 2.39. The summed E-state index contributed by atoms with van der Waals surface area (Å²) in [5, 5.41) is 0.519. The van der Waals surface area contributed by atoms with Crippen LogP contribution in [-0.4, -0.2) is 11.9 Å². The molecule has 0 fully saturated rings. The number of benzene rings is 1. The third kappa shape index (κ3) is 1.40. The Labute approximate surface area is 87.8 Å². The maximum Gasteiger partial charge on any atom is 0.170 e. The highest BCUT2D eigenvalue weighted by molar-refractivity contribution is 6.32. The normalized spacial score (nSPS) is 20.2. The van der Waals surface area contributed by atoms with Crippen molar-refractivity contribution >= 4 is 17.4 Å². The van der Waals surface area contributed by atoms with Crippen LogP contribution in [0.15, 0.2) is 12.1 Å². The summed E-state index contributed by atoms with van der Waals surface area (Å²) in [4.78, 5) is 11.7. The fourth-order valence-corrected chi connectivity index (χ4v) is 1.93. The molecule has 1 aromatic carbocycles. The molecule has 1 aromatic rings. The predicted molar refractivity (Wildman–Crippen MR) is 55.2 cm³/mol. The number of aryl methyl sites for hydroxylation is 1. The second-order valence-electron chi connectivity index (χ2n) is 3.62. The molecular weight excluding hydrogens is 200 g/mol. The molecule has 0 radical (unpaired) electrons. The number of rotatable bonds is 0. The molecule has 0 aromatic heterocycles. The van der Waals surface area contributed by atoms with E-state index in [1.165, 1.54) is 0 Å². The minimum Gasteiger partial charge on any atom is -0.488 e. The lowest BCUT2D eigenvalue weighted by Crippen LogP contribution is -2.24. The Hall–Kier alpha value is -1.02. The number of Topliss-reactive ketones (excluding diaryl/α,β-unsaturated/α-hetero) is 1. The highest BCUT2D eigenvalue weighted by Gasteiger charge is 2.26. The van der Waals surface area contributed by atoms with Crippen molar-refractivity contribution in [1.82, 2.24) is 0 Å². The van der Waals surface area contributed by atoms with Gasteiger partial charge in [0.2, 0.25) is 0 Å². The summed E-state index contributed by atoms with van der Waals surface area (Å²) in [6.45, 7) is 3.77. The molecule has 1 unspecified atom stereocenters. The van der Waals surface area contributed by atoms with Crippen molar-refractivity contribution in [3.63, 3.8) is 0 Å². The van der Waals surface area contributed by atoms with Crippen molar-refractivity contribution in [3.05, 3.63) is 28.3 Å². The zero-order valence-corrected chi connectivity index (χ0v) is 8.89. The van der Waals surface area contributed by atoms with E-state index in [9.17, 15) is 4.79 Å². The van der Waals surface area contributed by atoms with Crippen LogP contribution in [0.3, 0.4) is 0 Å². The summed E-state index contributed by atoms with van der Waals surface area (Å²) in [6.07, 6.45) is 0.364. The first-order valence-corrected chi connectivity index (χ1v) is 4.96. The fourth-order valence-electron chi connectivity index (χ4n) is 1.72. The monoisotopic (exact) mass is 210 g/mol. The molecule has 2 nitrogen and oxygen atoms in total. The van der Waals surface area contributed by atoms with Gasteiger partial charge >= 0.3 is 0 Å². The quantitative estimate of drug-likeness (QED) is 0.658. The van der Waals surface area contributed by atoms with Gasteiger partial charge in [0.25, 0.3) is 0 Å². The summed E-state index contributed by atoms with van der Waals surface area (Å²) in [5.41, 5.74) is 1.58. The molecular formula is C11H11ClO2. The van der Waals surface area contributed by atoms with Crippen LogP contribution >= 0.6 is 11.6 Å². The maximum absolute atomic E-state index is 11.7. The number of hydrogen-bond acceptors (Lipinski definition) is 2. The van der Waals surface area contributed by atoms with E-state index < -0.39 is 0 Å². The molecule has 0 bridgehead atoms. The molecule has 0 N–H and O–H groups in total. The lowest BCUT2D eigenvalue weighted by atomic mass is 9.97. The first-order chi connectivity index (χ1) is 6.59. The molecule has 0 amide bonds. The highest BCUT2D eigenvalue weighted by Crippen LogP contribution is 2.36. The van der Waals surface area contributed by atoms with E-state index in [1.54, 1.807) is 6.07 Å². The van der Waals surface area contributed by atoms with Gasteiger partial charge < -0.3 is 4.74 Å². The Morgan fingerprint density at radius 1 is 1.50 bits per heavy atom. The predicted octanol–water partition coefficient (Wildman–Crippen LogP) is 3.00. The van der Waals surface area contributed by atoms with Gasteiger partial charge in [0, 0.05) is 6.42 Å². The molecule has 1 aliphatic heterocycles. The average molecular weight is 211 g/mol. The Bertz CT molecular complexity index is 399. The zero-order valence-electron chi connectivity index (χ0n) is 8.13. The van der Waals surface area contributed by atoms with Crippen molar-refractivity contribution < 1.29 is 9.53 Å². The molecule has 0 spiro atoms. The number of fused-ring (bicyclic) bond motifs is 1. The highest BCUT2D eigenvalue weighted by atomic mass is 35.5. The summed E-state index contributed by atoms with van der Waals surface area (Å²) in [6, 6.07) is 3.61. The lowest BCUT2D eigenvalue weighted by Gasteiger charge is -2.24. The van der Waals surface area contributed by atoms with E-state index in [0.29, 0.717) is 22.8 Å². The van der Waals surface area contributed by atoms with Crippen molar-refractivity contribution in [1.29, 1.82) is 0 Å². The second-order valence-corrected chi connectivity index (χ2v) is 4.03. The lowest BCUT2D eigenvalue weighted by molar-refractivity contribution is 0.0870. The SMILES string of the molecule is Cc1ccc(Cl)c2c1C(=O)CC(C)O2. The van der Waals surface area contributed by atoms with Crippen LogP contribution in [-0.2, 0) is 0 Å². The minimum atomic E-state index is -0.0747. The average Bonchev–Trinajstić information content (AvgIpc) is 2.10. The number of halogens is 1. The van der Waals surface area contributed by atoms with E-state index in [1.807, 2.05) is 19.9 Å². The van der Waals surface area contributed by atoms with E-state index in [-0.39, 0.29) is 11.9 Å². The summed E-state index contributed by atoms with van der Waals surface area (Å²) in [5.74, 6) is 0.675. The van der Waals surface area contributed by atoms with Crippen LogP contribution in [0.5, 0.6) is 5.75 Å². The van der Waals surface area contributed by atoms with E-state index in [4.69, 9.17) is 16.3 Å². The van der Waals surface area contributed by atoms with Gasteiger partial charge in [-0.1, -0.05) is 17.7 Å². The van der Waals surface area contributed by atoms with Gasteiger partial charge in [-0.05, 0) is 25.5 Å². The van der Waals surface area contributed by atoms with Gasteiger partial charge in [-0.15, -0.1) is 0 Å². The first kappa shape index (κ1) is 9.53. The molecule has 3 heteroatoms. The van der Waals surface area contributed by atoms with Gasteiger partial charge in [0.1, 0.15) is 11.9 Å². The van der Waals surface area contributed by atoms with Crippen LogP contribution in [0.1, 0.15) is 29.3 Å². The fraction of sp³-hybridized carbons (Fsp3) is 0.364. The first-order valence-electron chi connectivity index (χ1n) is 4.58. The van der Waals surface area contributed by atoms with E-state index in [0.717, 1.165) is 5.56 Å². The number of ether oxygens (including phenoxy) is 1. The smallest absolute Gasteiger partial charge is 0.170 e. The second kappa shape index (κ2) is 3.28. The Balaban J connectivity index is 2.63. The van der Waals surface area contributed by atoms with Crippen LogP contribution < -0.4 is 4.74 Å². The van der Waals surface area contributed by atoms with Gasteiger partial charge in [0.15, 0.2) is 5.78 Å². The van der Waals surface area contributed by atoms with Crippen molar-refractivity contribution in [2.75, 3.05) is 0 Å². The number of hydrogen-bond donors (Lipinski definition) is 0. The van der Waals surface area contributed by atoms with Crippen molar-refractivity contribution in [2.24, 2.45) is 0 Å². The standard InChI is InChI=1S/C11H11ClO2/c1-6-3-4-8(12)11-10(6)9(13)5-7(2)14-11/h3-4,7H,5H2,1-2H3. The summed E-state index contributed by atoms with van der Waals surface area (Å²) >= 11 is 5.97. The van der Waals surface area contributed by atoms with Gasteiger partial charge in [-0.3, -0.25) is 4.79 Å². The van der Waals surface area contributed by atoms with Gasteiger partial charge in [-0.25, -0.2) is 0 Å². The van der Waals surface area contributed by atoms with Crippen molar-refractivity contribution in [3.8, 4) is 5.75 Å². The minimum absolute atomic E-state index is 0.0747. The number of carbonyl (C=O) groups excluding carboxylic acids is 1. The molecule has 2 rings (SSSR count). The molecule has 1 atom stereocenters. The summed E-state index contributed by atoms with van der Waals surface area (Å²) < 4.78 is 5.56. The van der Waals surface area contributed by atoms with Gasteiger partial charge in [0.05, 0.1) is 10.6 Å². The van der Waals surface area contributed by atoms with Crippen LogP contribution in [0, 0.1) is 6.92 Å². The zero-order chi connectivity index (χ0) is 10.3.